The maximum absolute atomic E-state index is 12.0. The Hall–Kier alpha value is -1.15. The maximum atomic E-state index is 12.0. The number of sulfonamides is 1. The summed E-state index contributed by atoms with van der Waals surface area (Å²) in [4.78, 5) is 2.22. The van der Waals surface area contributed by atoms with Gasteiger partial charge in [-0.3, -0.25) is 0 Å². The zero-order chi connectivity index (χ0) is 15.2. The number of nitrogens with zero attached hydrogens (tertiary/aromatic N) is 1. The molecule has 0 aromatic heterocycles. The largest absolute Gasteiger partial charge is 0.399 e. The Balaban J connectivity index is 2.43. The molecule has 0 aliphatic heterocycles. The van der Waals surface area contributed by atoms with Crippen LogP contribution >= 0.6 is 0 Å². The van der Waals surface area contributed by atoms with Gasteiger partial charge in [-0.1, -0.05) is 0 Å². The van der Waals surface area contributed by atoms with Gasteiger partial charge in [-0.05, 0) is 44.8 Å². The minimum absolute atomic E-state index is 0.220. The van der Waals surface area contributed by atoms with Gasteiger partial charge in [-0.2, -0.15) is 0 Å². The molecule has 114 valence electrons. The van der Waals surface area contributed by atoms with E-state index in [0.29, 0.717) is 18.9 Å². The zero-order valence-corrected chi connectivity index (χ0v) is 13.0. The monoisotopic (exact) mass is 301 g/mol. The van der Waals surface area contributed by atoms with Crippen LogP contribution in [0, 0.1) is 6.92 Å². The van der Waals surface area contributed by atoms with E-state index >= 15 is 0 Å². The van der Waals surface area contributed by atoms with Crippen molar-refractivity contribution in [2.75, 3.05) is 46.1 Å². The third kappa shape index (κ3) is 5.46. The molecule has 0 aliphatic carbocycles. The maximum Gasteiger partial charge on any atom is 0.240 e. The van der Waals surface area contributed by atoms with Crippen molar-refractivity contribution in [3.63, 3.8) is 0 Å². The van der Waals surface area contributed by atoms with Crippen molar-refractivity contribution < 1.29 is 13.2 Å². The predicted molar refractivity (Wildman–Crippen MR) is 80.2 cm³/mol. The number of likely N-dealkylation sites (N-methyl/N-ethyl adjacent to an activating group) is 1. The molecule has 0 saturated heterocycles. The number of rotatable bonds is 8. The van der Waals surface area contributed by atoms with Crippen LogP contribution in [0.2, 0.25) is 0 Å². The van der Waals surface area contributed by atoms with E-state index in [4.69, 9.17) is 10.5 Å². The van der Waals surface area contributed by atoms with Crippen molar-refractivity contribution in [2.45, 2.75) is 11.8 Å². The second-order valence-corrected chi connectivity index (χ2v) is 6.60. The topological polar surface area (TPSA) is 84.7 Å². The van der Waals surface area contributed by atoms with E-state index in [1.54, 1.807) is 19.1 Å². The van der Waals surface area contributed by atoms with Crippen LogP contribution in [0.25, 0.3) is 0 Å². The fourth-order valence-electron chi connectivity index (χ4n) is 1.50. The summed E-state index contributed by atoms with van der Waals surface area (Å²) in [6.45, 7) is 3.76. The van der Waals surface area contributed by atoms with Crippen LogP contribution in [0.15, 0.2) is 23.1 Å². The summed E-state index contributed by atoms with van der Waals surface area (Å²) in [7, 11) is 0.409. The van der Waals surface area contributed by atoms with E-state index in [2.05, 4.69) is 4.72 Å². The smallest absolute Gasteiger partial charge is 0.240 e. The molecule has 1 aromatic carbocycles. The SMILES string of the molecule is Cc1cc(S(=O)(=O)NCCOCCN(C)C)ccc1N. The van der Waals surface area contributed by atoms with Crippen LogP contribution in [0.3, 0.4) is 0 Å². The Morgan fingerprint density at radius 3 is 2.60 bits per heavy atom. The molecule has 0 heterocycles. The zero-order valence-electron chi connectivity index (χ0n) is 12.2. The van der Waals surface area contributed by atoms with E-state index in [1.807, 2.05) is 19.0 Å². The normalized spacial score (nSPS) is 12.0. The molecular weight excluding hydrogens is 278 g/mol. The summed E-state index contributed by atoms with van der Waals surface area (Å²) in [5, 5.41) is 0. The van der Waals surface area contributed by atoms with Crippen molar-refractivity contribution in [3.8, 4) is 0 Å². The molecule has 0 unspecified atom stereocenters. The van der Waals surface area contributed by atoms with Crippen LogP contribution in [0.1, 0.15) is 5.56 Å². The molecule has 1 rings (SSSR count). The number of nitrogen functional groups attached to an aromatic ring is 1. The Morgan fingerprint density at radius 2 is 2.00 bits per heavy atom. The van der Waals surface area contributed by atoms with Crippen molar-refractivity contribution in [1.82, 2.24) is 9.62 Å². The molecule has 0 fully saturated rings. The number of ether oxygens (including phenoxy) is 1. The number of hydrogen-bond donors (Lipinski definition) is 2. The summed E-state index contributed by atoms with van der Waals surface area (Å²) in [6, 6.07) is 4.65. The van der Waals surface area contributed by atoms with Crippen molar-refractivity contribution in [2.24, 2.45) is 0 Å². The van der Waals surface area contributed by atoms with Crippen LogP contribution in [0.4, 0.5) is 5.69 Å². The van der Waals surface area contributed by atoms with Gasteiger partial charge in [0.2, 0.25) is 10.0 Å². The lowest BCUT2D eigenvalue weighted by Gasteiger charge is -2.11. The third-order valence-electron chi connectivity index (χ3n) is 2.77. The first kappa shape index (κ1) is 16.9. The van der Waals surface area contributed by atoms with Gasteiger partial charge in [-0.25, -0.2) is 13.1 Å². The lowest BCUT2D eigenvalue weighted by molar-refractivity contribution is 0.122. The highest BCUT2D eigenvalue weighted by Crippen LogP contribution is 2.16. The first-order valence-electron chi connectivity index (χ1n) is 6.41. The lowest BCUT2D eigenvalue weighted by Crippen LogP contribution is -2.28. The molecule has 6 nitrogen and oxygen atoms in total. The molecular formula is C13H23N3O3S. The summed E-state index contributed by atoms with van der Waals surface area (Å²) in [5.41, 5.74) is 7.00. The van der Waals surface area contributed by atoms with Gasteiger partial charge < -0.3 is 15.4 Å². The highest BCUT2D eigenvalue weighted by molar-refractivity contribution is 7.89. The Kier molecular flexibility index (Phi) is 6.41. The Morgan fingerprint density at radius 1 is 1.30 bits per heavy atom. The van der Waals surface area contributed by atoms with E-state index < -0.39 is 10.0 Å². The van der Waals surface area contributed by atoms with Gasteiger partial charge >= 0.3 is 0 Å². The van der Waals surface area contributed by atoms with Gasteiger partial charge in [0, 0.05) is 18.8 Å². The molecule has 0 aliphatic rings. The standard InChI is InChI=1S/C13H23N3O3S/c1-11-10-12(4-5-13(11)14)20(17,18)15-6-8-19-9-7-16(2)3/h4-5,10,15H,6-9,14H2,1-3H3. The van der Waals surface area contributed by atoms with Crippen LogP contribution in [0.5, 0.6) is 0 Å². The molecule has 0 amide bonds. The molecule has 0 radical (unpaired) electrons. The first-order chi connectivity index (χ1) is 9.33. The fraction of sp³-hybridized carbons (Fsp3) is 0.538. The van der Waals surface area contributed by atoms with E-state index in [-0.39, 0.29) is 11.4 Å². The van der Waals surface area contributed by atoms with Gasteiger partial charge in [0.15, 0.2) is 0 Å². The summed E-state index contributed by atoms with van der Waals surface area (Å²) in [5.74, 6) is 0. The van der Waals surface area contributed by atoms with E-state index in [9.17, 15) is 8.42 Å². The highest BCUT2D eigenvalue weighted by atomic mass is 32.2. The number of hydrogen-bond acceptors (Lipinski definition) is 5. The summed E-state index contributed by atoms with van der Waals surface area (Å²) >= 11 is 0. The van der Waals surface area contributed by atoms with Crippen molar-refractivity contribution >= 4 is 15.7 Å². The summed E-state index contributed by atoms with van der Waals surface area (Å²) in [6.07, 6.45) is 0. The third-order valence-corrected chi connectivity index (χ3v) is 4.23. The molecule has 0 atom stereocenters. The van der Waals surface area contributed by atoms with Crippen LogP contribution in [-0.4, -0.2) is 53.7 Å². The Bertz CT molecular complexity index is 530. The molecule has 1 aromatic rings. The average molecular weight is 301 g/mol. The van der Waals surface area contributed by atoms with Gasteiger partial charge in [-0.15, -0.1) is 0 Å². The van der Waals surface area contributed by atoms with E-state index in [0.717, 1.165) is 12.1 Å². The predicted octanol–water partition coefficient (Wildman–Crippen LogP) is 0.434. The molecule has 3 N–H and O–H groups in total. The quantitative estimate of drug-likeness (QED) is 0.537. The average Bonchev–Trinajstić information content (AvgIpc) is 2.36. The van der Waals surface area contributed by atoms with Gasteiger partial charge in [0.05, 0.1) is 18.1 Å². The number of nitrogens with one attached hydrogen (secondary N) is 1. The minimum Gasteiger partial charge on any atom is -0.399 e. The van der Waals surface area contributed by atoms with Crippen molar-refractivity contribution in [3.05, 3.63) is 23.8 Å². The Labute approximate surface area is 121 Å². The number of aryl methyl sites for hydroxylation is 1. The lowest BCUT2D eigenvalue weighted by atomic mass is 10.2. The summed E-state index contributed by atoms with van der Waals surface area (Å²) < 4.78 is 31.9. The minimum atomic E-state index is -3.50. The highest BCUT2D eigenvalue weighted by Gasteiger charge is 2.13. The first-order valence-corrected chi connectivity index (χ1v) is 7.89. The number of nitrogens with two attached hydrogens (primary N) is 1. The van der Waals surface area contributed by atoms with Crippen LogP contribution < -0.4 is 10.5 Å². The van der Waals surface area contributed by atoms with Gasteiger partial charge in [0.1, 0.15) is 0 Å². The second kappa shape index (κ2) is 7.58. The van der Waals surface area contributed by atoms with Gasteiger partial charge in [0.25, 0.3) is 0 Å². The second-order valence-electron chi connectivity index (χ2n) is 4.83. The fourth-order valence-corrected chi connectivity index (χ4v) is 2.59. The molecule has 7 heteroatoms. The molecule has 0 saturated carbocycles. The molecule has 0 spiro atoms. The molecule has 20 heavy (non-hydrogen) atoms. The van der Waals surface area contributed by atoms with Crippen LogP contribution in [-0.2, 0) is 14.8 Å². The number of benzene rings is 1. The van der Waals surface area contributed by atoms with E-state index in [1.165, 1.54) is 6.07 Å². The molecule has 0 bridgehead atoms. The number of anilines is 1. The van der Waals surface area contributed by atoms with Crippen molar-refractivity contribution in [1.29, 1.82) is 0 Å².